The SMILES string of the molecule is O.O.O.O.O.[O-]B1OB2OB([O-])OB(O1)O2.[Zn+2]. The van der Waals surface area contributed by atoms with Crippen molar-refractivity contribution in [2.24, 2.45) is 0 Å². The van der Waals surface area contributed by atoms with E-state index in [1.165, 1.54) is 0 Å². The van der Waals surface area contributed by atoms with Crippen LogP contribution in [0.15, 0.2) is 0 Å². The van der Waals surface area contributed by atoms with E-state index in [-0.39, 0.29) is 46.9 Å². The first-order valence-corrected chi connectivity index (χ1v) is 2.83. The van der Waals surface area contributed by atoms with Crippen molar-refractivity contribution in [2.75, 3.05) is 0 Å². The molecule has 2 rings (SSSR count). The van der Waals surface area contributed by atoms with E-state index in [4.69, 9.17) is 0 Å². The van der Waals surface area contributed by atoms with Gasteiger partial charge in [-0.3, -0.25) is 0 Å². The molecule has 10 N–H and O–H groups in total. The molecule has 2 saturated heterocycles. The van der Waals surface area contributed by atoms with Crippen LogP contribution in [-0.2, 0) is 42.3 Å². The van der Waals surface area contributed by atoms with Gasteiger partial charge in [-0.05, 0) is 0 Å². The molecular weight excluding hydrogens is 301 g/mol. The van der Waals surface area contributed by atoms with E-state index in [9.17, 15) is 10.0 Å². The van der Waals surface area contributed by atoms with E-state index in [1.807, 2.05) is 0 Å². The minimum Gasteiger partial charge on any atom is -0.833 e. The molecule has 0 atom stereocenters. The van der Waals surface area contributed by atoms with Crippen LogP contribution in [0, 0.1) is 0 Å². The van der Waals surface area contributed by atoms with Crippen molar-refractivity contribution in [1.29, 1.82) is 0 Å². The summed E-state index contributed by atoms with van der Waals surface area (Å²) < 4.78 is 21.9. The molecule has 0 aliphatic carbocycles. The summed E-state index contributed by atoms with van der Waals surface area (Å²) in [6, 6.07) is 0. The van der Waals surface area contributed by atoms with Crippen LogP contribution >= 0.6 is 0 Å². The maximum absolute atomic E-state index is 10.5. The summed E-state index contributed by atoms with van der Waals surface area (Å²) in [7, 11) is -6.00. The topological polar surface area (TPSA) is 250 Å². The zero-order valence-corrected chi connectivity index (χ0v) is 11.3. The fraction of sp³-hybridized carbons (Fsp3) is 0. The first kappa shape index (κ1) is 30.4. The van der Waals surface area contributed by atoms with Crippen molar-refractivity contribution in [3.05, 3.63) is 0 Å². The van der Waals surface area contributed by atoms with Crippen LogP contribution in [0.3, 0.4) is 0 Å². The molecule has 2 heterocycles. The summed E-state index contributed by atoms with van der Waals surface area (Å²) in [6.45, 7) is 0. The van der Waals surface area contributed by atoms with Crippen LogP contribution < -0.4 is 10.0 Å². The molecule has 0 amide bonds. The Morgan fingerprint density at radius 3 is 1.00 bits per heavy atom. The second-order valence-electron chi connectivity index (χ2n) is 1.84. The van der Waals surface area contributed by atoms with Crippen molar-refractivity contribution in [2.45, 2.75) is 0 Å². The Hall–Kier alpha value is 0.403. The molecular formula is H10B4O12Zn. The fourth-order valence-corrected chi connectivity index (χ4v) is 0.710. The molecule has 12 nitrogen and oxygen atoms in total. The van der Waals surface area contributed by atoms with Gasteiger partial charge < -0.3 is 60.3 Å². The van der Waals surface area contributed by atoms with Gasteiger partial charge in [0.2, 0.25) is 0 Å². The van der Waals surface area contributed by atoms with Crippen molar-refractivity contribution in [3.8, 4) is 0 Å². The van der Waals surface area contributed by atoms with Gasteiger partial charge in [0.15, 0.2) is 0 Å². The van der Waals surface area contributed by atoms with Gasteiger partial charge in [-0.15, -0.1) is 0 Å². The summed E-state index contributed by atoms with van der Waals surface area (Å²) in [4.78, 5) is 0. The molecule has 2 aliphatic heterocycles. The summed E-state index contributed by atoms with van der Waals surface area (Å²) in [6.07, 6.45) is 0. The molecule has 17 heavy (non-hydrogen) atoms. The van der Waals surface area contributed by atoms with Gasteiger partial charge in [-0.1, -0.05) is 0 Å². The smallest absolute Gasteiger partial charge is 0.833 e. The van der Waals surface area contributed by atoms with Gasteiger partial charge >= 0.3 is 48.8 Å². The predicted octanol–water partition coefficient (Wildman–Crippen LogP) is -8.37. The van der Waals surface area contributed by atoms with Crippen molar-refractivity contribution >= 4 is 29.3 Å². The van der Waals surface area contributed by atoms with E-state index >= 15 is 0 Å². The first-order valence-electron chi connectivity index (χ1n) is 2.83. The second kappa shape index (κ2) is 12.8. The largest absolute Gasteiger partial charge is 2.00 e. The molecule has 0 aromatic carbocycles. The monoisotopic (exact) mass is 310 g/mol. The van der Waals surface area contributed by atoms with E-state index < -0.39 is 29.3 Å². The Kier molecular flexibility index (Phi) is 23.0. The normalized spacial score (nSPS) is 15.9. The zero-order valence-electron chi connectivity index (χ0n) is 8.37. The number of rotatable bonds is 0. The minimum absolute atomic E-state index is 0. The molecule has 0 aromatic heterocycles. The second-order valence-corrected chi connectivity index (χ2v) is 1.84. The van der Waals surface area contributed by atoms with Gasteiger partial charge in [0.05, 0.1) is 0 Å². The van der Waals surface area contributed by atoms with Crippen molar-refractivity contribution in [1.82, 2.24) is 0 Å². The van der Waals surface area contributed by atoms with Crippen LogP contribution in [0.5, 0.6) is 0 Å². The minimum atomic E-state index is -1.73. The van der Waals surface area contributed by atoms with E-state index in [1.54, 1.807) is 0 Å². The van der Waals surface area contributed by atoms with Crippen LogP contribution in [0.4, 0.5) is 0 Å². The maximum Gasteiger partial charge on any atom is 2.00 e. The molecule has 0 aromatic rings. The number of hydrogen-bond acceptors (Lipinski definition) is 7. The molecule has 2 bridgehead atoms. The van der Waals surface area contributed by atoms with Gasteiger partial charge in [-0.2, -0.15) is 0 Å². The molecule has 0 saturated carbocycles. The Balaban J connectivity index is -0.0000000800. The predicted molar refractivity (Wildman–Crippen MR) is 46.5 cm³/mol. The number of fused-ring (bicyclic) bond motifs is 2. The standard InChI is InChI=1S/B4O7.5H2O.Zn/c5-1-7-3-9-2(6)10-4(8-1)11-3;;;;;;/h;5*1H2;/q-2;;;;;;+2. The molecule has 0 unspecified atom stereocenters. The van der Waals surface area contributed by atoms with E-state index in [0.29, 0.717) is 0 Å². The summed E-state index contributed by atoms with van der Waals surface area (Å²) in [5.41, 5.74) is 0. The van der Waals surface area contributed by atoms with Crippen LogP contribution in [0.1, 0.15) is 0 Å². The molecule has 2 fully saturated rings. The van der Waals surface area contributed by atoms with Gasteiger partial charge in [0.25, 0.3) is 0 Å². The fourth-order valence-electron chi connectivity index (χ4n) is 0.710. The average Bonchev–Trinajstić information content (AvgIpc) is 1.82. The van der Waals surface area contributed by atoms with Crippen molar-refractivity contribution in [3.63, 3.8) is 0 Å². The van der Waals surface area contributed by atoms with E-state index in [0.717, 1.165) is 0 Å². The first-order chi connectivity index (χ1) is 5.24. The van der Waals surface area contributed by atoms with Crippen LogP contribution in [-0.4, -0.2) is 56.7 Å². The third-order valence-corrected chi connectivity index (χ3v) is 1.11. The molecule has 2 aliphatic rings. The van der Waals surface area contributed by atoms with Gasteiger partial charge in [0.1, 0.15) is 0 Å². The number of hydrogen-bond donors (Lipinski definition) is 0. The van der Waals surface area contributed by atoms with E-state index in [2.05, 4.69) is 22.9 Å². The van der Waals surface area contributed by atoms with Gasteiger partial charge in [0, 0.05) is 0 Å². The summed E-state index contributed by atoms with van der Waals surface area (Å²) >= 11 is 0. The van der Waals surface area contributed by atoms with Gasteiger partial charge in [-0.25, -0.2) is 0 Å². The maximum atomic E-state index is 10.5. The van der Waals surface area contributed by atoms with Crippen molar-refractivity contribution < 1.29 is 79.8 Å². The Bertz CT molecular complexity index is 124. The molecule has 17 heteroatoms. The van der Waals surface area contributed by atoms with Crippen LogP contribution in [0.2, 0.25) is 0 Å². The third-order valence-electron chi connectivity index (χ3n) is 1.11. The Morgan fingerprint density at radius 1 is 0.529 bits per heavy atom. The average molecular weight is 311 g/mol. The third kappa shape index (κ3) is 8.17. The Labute approximate surface area is 110 Å². The molecule has 0 spiro atoms. The quantitative estimate of drug-likeness (QED) is 0.390. The Morgan fingerprint density at radius 2 is 0.765 bits per heavy atom. The summed E-state index contributed by atoms with van der Waals surface area (Å²) in [5, 5.41) is 21.0. The van der Waals surface area contributed by atoms with Crippen LogP contribution in [0.25, 0.3) is 0 Å². The molecule has 0 radical (unpaired) electrons. The molecule has 96 valence electrons. The zero-order chi connectivity index (χ0) is 7.84. The summed E-state index contributed by atoms with van der Waals surface area (Å²) in [5.74, 6) is 0.